The highest BCUT2D eigenvalue weighted by Gasteiger charge is 2.19. The summed E-state index contributed by atoms with van der Waals surface area (Å²) < 4.78 is 7.49. The first kappa shape index (κ1) is 27.8. The van der Waals surface area contributed by atoms with Crippen LogP contribution in [0, 0.1) is 0 Å². The highest BCUT2D eigenvalue weighted by molar-refractivity contribution is 7.15. The Bertz CT molecular complexity index is 1930. The van der Waals surface area contributed by atoms with Crippen molar-refractivity contribution in [2.75, 3.05) is 47.2 Å². The zero-order valence-corrected chi connectivity index (χ0v) is 25.0. The van der Waals surface area contributed by atoms with Gasteiger partial charge in [0, 0.05) is 64.2 Å². The van der Waals surface area contributed by atoms with E-state index in [2.05, 4.69) is 38.0 Å². The zero-order valence-electron chi connectivity index (χ0n) is 23.4. The number of ether oxygens (including phenoxy) is 1. The number of hydrogen-bond acceptors (Lipinski definition) is 8. The van der Waals surface area contributed by atoms with Crippen LogP contribution in [-0.2, 0) is 4.74 Å². The number of carbonyl (C=O) groups is 1. The van der Waals surface area contributed by atoms with Crippen molar-refractivity contribution in [2.24, 2.45) is 0 Å². The van der Waals surface area contributed by atoms with Gasteiger partial charge in [-0.25, -0.2) is 19.7 Å². The molecule has 3 aromatic heterocycles. The monoisotopic (exact) mass is 622 g/mol. The summed E-state index contributed by atoms with van der Waals surface area (Å²) in [6.07, 6.45) is 3.71. The van der Waals surface area contributed by atoms with Gasteiger partial charge in [0.15, 0.2) is 4.96 Å². The van der Waals surface area contributed by atoms with Crippen molar-refractivity contribution in [3.05, 3.63) is 102 Å². The number of thiazole rings is 1. The first-order valence-electron chi connectivity index (χ1n) is 14.0. The molecule has 12 heteroatoms. The number of carbonyl (C=O) groups excluding carboxylic acids is 1. The Labute approximate surface area is 262 Å². The van der Waals surface area contributed by atoms with Crippen LogP contribution in [0.2, 0.25) is 5.02 Å². The van der Waals surface area contributed by atoms with Gasteiger partial charge in [-0.05, 0) is 60.7 Å². The summed E-state index contributed by atoms with van der Waals surface area (Å²) in [5, 5.41) is 11.6. The first-order valence-corrected chi connectivity index (χ1v) is 15.3. The molecule has 10 nitrogen and oxygen atoms in total. The van der Waals surface area contributed by atoms with E-state index in [-0.39, 0.29) is 6.03 Å². The Morgan fingerprint density at radius 1 is 0.886 bits per heavy atom. The summed E-state index contributed by atoms with van der Waals surface area (Å²) in [5.74, 6) is 0.478. The van der Waals surface area contributed by atoms with Gasteiger partial charge >= 0.3 is 6.03 Å². The van der Waals surface area contributed by atoms with Crippen LogP contribution in [0.4, 0.5) is 33.5 Å². The van der Waals surface area contributed by atoms with Crippen LogP contribution in [-0.4, -0.2) is 51.7 Å². The number of rotatable bonds is 7. The van der Waals surface area contributed by atoms with Crippen molar-refractivity contribution in [1.82, 2.24) is 19.4 Å². The molecule has 0 atom stereocenters. The molecule has 1 fully saturated rings. The fourth-order valence-corrected chi connectivity index (χ4v) is 6.00. The third-order valence-electron chi connectivity index (χ3n) is 7.14. The third kappa shape index (κ3) is 6.06. The van der Waals surface area contributed by atoms with Gasteiger partial charge < -0.3 is 25.6 Å². The molecule has 3 N–H and O–H groups in total. The highest BCUT2D eigenvalue weighted by Crippen LogP contribution is 2.35. The number of benzene rings is 3. The van der Waals surface area contributed by atoms with E-state index >= 15 is 0 Å². The number of nitrogens with one attached hydrogen (secondary N) is 3. The van der Waals surface area contributed by atoms with E-state index in [1.807, 2.05) is 58.4 Å². The minimum atomic E-state index is -0.375. The average molecular weight is 623 g/mol. The van der Waals surface area contributed by atoms with E-state index in [0.717, 1.165) is 59.6 Å². The first-order chi connectivity index (χ1) is 21.6. The molecule has 1 saturated heterocycles. The fraction of sp³-hybridized carbons (Fsp3) is 0.125. The molecule has 0 aliphatic carbocycles. The van der Waals surface area contributed by atoms with Gasteiger partial charge in [0.1, 0.15) is 5.69 Å². The number of halogens is 1. The molecule has 7 rings (SSSR count). The lowest BCUT2D eigenvalue weighted by molar-refractivity contribution is 0.122. The molecular formula is C32H27ClN8O2S. The average Bonchev–Trinajstić information content (AvgIpc) is 3.64. The minimum absolute atomic E-state index is 0.375. The van der Waals surface area contributed by atoms with Crippen LogP contribution in [0.5, 0.6) is 0 Å². The van der Waals surface area contributed by atoms with Gasteiger partial charge in [-0.15, -0.1) is 11.3 Å². The smallest absolute Gasteiger partial charge is 0.323 e. The lowest BCUT2D eigenvalue weighted by Gasteiger charge is -2.28. The van der Waals surface area contributed by atoms with E-state index in [9.17, 15) is 4.79 Å². The van der Waals surface area contributed by atoms with Crippen LogP contribution in [0.1, 0.15) is 0 Å². The molecule has 2 amide bonds. The van der Waals surface area contributed by atoms with Gasteiger partial charge in [-0.2, -0.15) is 0 Å². The maximum atomic E-state index is 12.7. The zero-order chi connectivity index (χ0) is 29.9. The van der Waals surface area contributed by atoms with Crippen LogP contribution in [0.15, 0.2) is 96.6 Å². The fourth-order valence-electron chi connectivity index (χ4n) is 5.09. The second-order valence-electron chi connectivity index (χ2n) is 10.1. The van der Waals surface area contributed by atoms with Gasteiger partial charge in [0.25, 0.3) is 0 Å². The number of aromatic nitrogens is 4. The number of nitrogens with zero attached hydrogens (tertiary/aromatic N) is 5. The highest BCUT2D eigenvalue weighted by atomic mass is 35.5. The molecule has 220 valence electrons. The lowest BCUT2D eigenvalue weighted by Crippen LogP contribution is -2.36. The molecule has 1 aliphatic rings. The van der Waals surface area contributed by atoms with Gasteiger partial charge in [0.05, 0.1) is 24.6 Å². The number of anilines is 5. The predicted octanol–water partition coefficient (Wildman–Crippen LogP) is 7.40. The Morgan fingerprint density at radius 2 is 1.66 bits per heavy atom. The topological polar surface area (TPSA) is 109 Å². The number of fused-ring (bicyclic) bond motifs is 1. The maximum Gasteiger partial charge on any atom is 0.323 e. The van der Waals surface area contributed by atoms with Crippen LogP contribution in [0.3, 0.4) is 0 Å². The summed E-state index contributed by atoms with van der Waals surface area (Å²) in [7, 11) is 0. The molecule has 0 spiro atoms. The molecule has 1 aliphatic heterocycles. The summed E-state index contributed by atoms with van der Waals surface area (Å²) in [4.78, 5) is 30.1. The normalized spacial score (nSPS) is 13.2. The van der Waals surface area contributed by atoms with Crippen molar-refractivity contribution < 1.29 is 9.53 Å². The summed E-state index contributed by atoms with van der Waals surface area (Å²) >= 11 is 7.59. The van der Waals surface area contributed by atoms with E-state index in [0.29, 0.717) is 28.0 Å². The Balaban J connectivity index is 1.14. The van der Waals surface area contributed by atoms with E-state index in [1.165, 1.54) is 11.3 Å². The second kappa shape index (κ2) is 12.3. The van der Waals surface area contributed by atoms with Crippen molar-refractivity contribution in [1.29, 1.82) is 0 Å². The number of imidazole rings is 1. The van der Waals surface area contributed by atoms with Crippen LogP contribution >= 0.6 is 22.9 Å². The SMILES string of the molecule is O=C(Nc1cccc(Cl)c1)Nc1cccc(-c2nc3sccn3c2-c2ccnc(Nc3ccc(N4CCOCC4)cc3)n2)c1. The van der Waals surface area contributed by atoms with E-state index in [4.69, 9.17) is 26.3 Å². The van der Waals surface area contributed by atoms with Crippen molar-refractivity contribution in [2.45, 2.75) is 0 Å². The summed E-state index contributed by atoms with van der Waals surface area (Å²) in [6, 6.07) is 24.3. The van der Waals surface area contributed by atoms with Crippen molar-refractivity contribution >= 4 is 62.6 Å². The van der Waals surface area contributed by atoms with Crippen LogP contribution in [0.25, 0.3) is 27.6 Å². The Hall–Kier alpha value is -4.97. The van der Waals surface area contributed by atoms with E-state index < -0.39 is 0 Å². The number of morpholine rings is 1. The number of hydrogen-bond donors (Lipinski definition) is 3. The lowest BCUT2D eigenvalue weighted by atomic mass is 10.1. The van der Waals surface area contributed by atoms with Crippen molar-refractivity contribution in [3.63, 3.8) is 0 Å². The van der Waals surface area contributed by atoms with E-state index in [1.54, 1.807) is 30.5 Å². The van der Waals surface area contributed by atoms with Gasteiger partial charge in [-0.1, -0.05) is 29.8 Å². The molecule has 44 heavy (non-hydrogen) atoms. The predicted molar refractivity (Wildman–Crippen MR) is 176 cm³/mol. The van der Waals surface area contributed by atoms with Gasteiger partial charge in [-0.3, -0.25) is 4.40 Å². The molecule has 3 aromatic carbocycles. The summed E-state index contributed by atoms with van der Waals surface area (Å²) in [5.41, 5.74) is 6.40. The molecule has 0 bridgehead atoms. The summed E-state index contributed by atoms with van der Waals surface area (Å²) in [6.45, 7) is 3.26. The standard InChI is InChI=1S/C32H27ClN8O2S/c33-22-4-2-6-25(20-22)37-31(42)36-24-5-1-3-21(19-24)28-29(41-15-18-44-32(41)39-28)27-11-12-34-30(38-27)35-23-7-9-26(10-8-23)40-13-16-43-17-14-40/h1-12,15,18-20H,13-14,16-17H2,(H,34,35,38)(H2,36,37,42). The number of urea groups is 1. The minimum Gasteiger partial charge on any atom is -0.378 e. The molecule has 0 radical (unpaired) electrons. The van der Waals surface area contributed by atoms with Gasteiger partial charge in [0.2, 0.25) is 5.95 Å². The quantitative estimate of drug-likeness (QED) is 0.170. The molecular weight excluding hydrogens is 596 g/mol. The van der Waals surface area contributed by atoms with Crippen molar-refractivity contribution in [3.8, 4) is 22.6 Å². The second-order valence-corrected chi connectivity index (χ2v) is 11.4. The maximum absolute atomic E-state index is 12.7. The molecule has 0 saturated carbocycles. The Kier molecular flexibility index (Phi) is 7.80. The molecule has 4 heterocycles. The Morgan fingerprint density at radius 3 is 2.45 bits per heavy atom. The van der Waals surface area contributed by atoms with Crippen LogP contribution < -0.4 is 20.9 Å². The largest absolute Gasteiger partial charge is 0.378 e. The number of amides is 2. The molecule has 0 unspecified atom stereocenters. The third-order valence-corrected chi connectivity index (χ3v) is 8.13. The molecule has 6 aromatic rings.